The molecule has 6 nitrogen and oxygen atoms in total. The van der Waals surface area contributed by atoms with Crippen LogP contribution in [0.5, 0.6) is 0 Å². The lowest BCUT2D eigenvalue weighted by Gasteiger charge is -2.22. The number of hydrogen-bond acceptors (Lipinski definition) is 5. The van der Waals surface area contributed by atoms with Gasteiger partial charge in [0.25, 0.3) is 0 Å². The Hall–Kier alpha value is -1.66. The van der Waals surface area contributed by atoms with Crippen molar-refractivity contribution in [2.24, 2.45) is 0 Å². The number of esters is 1. The van der Waals surface area contributed by atoms with E-state index in [0.29, 0.717) is 25.9 Å². The Morgan fingerprint density at radius 2 is 0.723 bits per heavy atom. The van der Waals surface area contributed by atoms with E-state index in [1.54, 1.807) is 0 Å². The highest BCUT2D eigenvalue weighted by Gasteiger charge is 2.20. The molecule has 0 bridgehead atoms. The zero-order valence-corrected chi connectivity index (χ0v) is 43.7. The van der Waals surface area contributed by atoms with Crippen molar-refractivity contribution in [3.8, 4) is 0 Å². The van der Waals surface area contributed by atoms with Crippen LogP contribution in [0.2, 0.25) is 0 Å². The summed E-state index contributed by atoms with van der Waals surface area (Å²) in [5, 5.41) is 23.2. The molecule has 3 N–H and O–H groups in total. The van der Waals surface area contributed by atoms with E-state index in [1.165, 1.54) is 225 Å². The first-order valence-electron chi connectivity index (χ1n) is 29.1. The quantitative estimate of drug-likeness (QED) is 0.0321. The van der Waals surface area contributed by atoms with Crippen LogP contribution < -0.4 is 5.32 Å². The molecule has 0 aliphatic carbocycles. The number of nitrogens with one attached hydrogen (secondary N) is 1. The summed E-state index contributed by atoms with van der Waals surface area (Å²) in [4.78, 5) is 24.5. The topological polar surface area (TPSA) is 95.9 Å². The summed E-state index contributed by atoms with van der Waals surface area (Å²) in [6.07, 6.45) is 65.9. The van der Waals surface area contributed by atoms with Gasteiger partial charge in [0, 0.05) is 12.8 Å². The molecular formula is C59H113NO5. The summed E-state index contributed by atoms with van der Waals surface area (Å²) in [5.74, 6) is -0.0528. The fraction of sp³-hybridized carbons (Fsp3) is 0.898. The van der Waals surface area contributed by atoms with Gasteiger partial charge in [-0.25, -0.2) is 0 Å². The fourth-order valence-corrected chi connectivity index (χ4v) is 8.98. The molecule has 0 fully saturated rings. The number of aliphatic hydroxyl groups is 2. The van der Waals surface area contributed by atoms with Crippen molar-refractivity contribution in [2.45, 2.75) is 328 Å². The first-order chi connectivity index (χ1) is 32.0. The minimum atomic E-state index is -0.672. The van der Waals surface area contributed by atoms with Gasteiger partial charge in [0.1, 0.15) is 0 Å². The van der Waals surface area contributed by atoms with Gasteiger partial charge in [-0.3, -0.25) is 9.59 Å². The Bertz CT molecular complexity index is 1010. The highest BCUT2D eigenvalue weighted by molar-refractivity contribution is 5.76. The summed E-state index contributed by atoms with van der Waals surface area (Å²) in [5.41, 5.74) is 0. The average molecular weight is 917 g/mol. The van der Waals surface area contributed by atoms with E-state index in [0.717, 1.165) is 57.8 Å². The number of ether oxygens (including phenoxy) is 1. The molecule has 65 heavy (non-hydrogen) atoms. The fourth-order valence-electron chi connectivity index (χ4n) is 8.98. The molecule has 0 radical (unpaired) electrons. The molecule has 1 amide bonds. The van der Waals surface area contributed by atoms with Crippen molar-refractivity contribution in [3.05, 3.63) is 24.3 Å². The molecule has 0 aromatic rings. The van der Waals surface area contributed by atoms with Crippen molar-refractivity contribution in [3.63, 3.8) is 0 Å². The van der Waals surface area contributed by atoms with E-state index < -0.39 is 12.1 Å². The highest BCUT2D eigenvalue weighted by Crippen LogP contribution is 2.17. The molecule has 0 heterocycles. The van der Waals surface area contributed by atoms with Crippen molar-refractivity contribution < 1.29 is 24.5 Å². The molecule has 6 heteroatoms. The number of aliphatic hydroxyl groups excluding tert-OH is 2. The Morgan fingerprint density at radius 1 is 0.415 bits per heavy atom. The normalized spacial score (nSPS) is 12.7. The van der Waals surface area contributed by atoms with Crippen molar-refractivity contribution >= 4 is 11.9 Å². The van der Waals surface area contributed by atoms with Crippen LogP contribution in [-0.2, 0) is 14.3 Å². The molecule has 2 unspecified atom stereocenters. The first kappa shape index (κ1) is 63.3. The third-order valence-corrected chi connectivity index (χ3v) is 13.5. The number of unbranched alkanes of at least 4 members (excludes halogenated alkanes) is 39. The molecule has 0 rings (SSSR count). The van der Waals surface area contributed by atoms with Gasteiger partial charge in [-0.05, 0) is 77.0 Å². The summed E-state index contributed by atoms with van der Waals surface area (Å²) in [6.45, 7) is 4.94. The number of hydrogen-bond donors (Lipinski definition) is 3. The van der Waals surface area contributed by atoms with E-state index in [2.05, 4.69) is 43.5 Å². The van der Waals surface area contributed by atoms with Crippen LogP contribution in [0.4, 0.5) is 0 Å². The highest BCUT2D eigenvalue weighted by atomic mass is 16.5. The minimum absolute atomic E-state index is 0.00421. The second kappa shape index (κ2) is 54.9. The summed E-state index contributed by atoms with van der Waals surface area (Å²) in [7, 11) is 0. The summed E-state index contributed by atoms with van der Waals surface area (Å²) >= 11 is 0. The predicted octanol–water partition coefficient (Wildman–Crippen LogP) is 17.9. The maximum atomic E-state index is 12.5. The van der Waals surface area contributed by atoms with E-state index in [-0.39, 0.29) is 18.5 Å². The van der Waals surface area contributed by atoms with E-state index in [4.69, 9.17) is 4.74 Å². The van der Waals surface area contributed by atoms with Gasteiger partial charge in [0.15, 0.2) is 0 Å². The van der Waals surface area contributed by atoms with Gasteiger partial charge in [-0.15, -0.1) is 0 Å². The van der Waals surface area contributed by atoms with Crippen LogP contribution in [0.15, 0.2) is 24.3 Å². The van der Waals surface area contributed by atoms with E-state index >= 15 is 0 Å². The average Bonchev–Trinajstić information content (AvgIpc) is 3.31. The number of carbonyl (C=O) groups excluding carboxylic acids is 2. The smallest absolute Gasteiger partial charge is 0.305 e. The van der Waals surface area contributed by atoms with Gasteiger partial charge in [0.05, 0.1) is 25.4 Å². The molecule has 0 saturated heterocycles. The monoisotopic (exact) mass is 916 g/mol. The van der Waals surface area contributed by atoms with Crippen LogP contribution in [0, 0.1) is 0 Å². The molecule has 0 aromatic carbocycles. The van der Waals surface area contributed by atoms with Crippen LogP contribution >= 0.6 is 0 Å². The maximum Gasteiger partial charge on any atom is 0.305 e. The molecule has 0 aliphatic rings. The zero-order chi connectivity index (χ0) is 47.2. The molecule has 0 saturated carbocycles. The van der Waals surface area contributed by atoms with Gasteiger partial charge < -0.3 is 20.3 Å². The molecule has 384 valence electrons. The van der Waals surface area contributed by atoms with Crippen LogP contribution in [0.25, 0.3) is 0 Å². The SMILES string of the molecule is CCCCCCCCC/C=C\CCCCCCCC(=O)OCCCCCCCCCCC/C=C\CCCCCCCC(=O)NC(CO)C(O)CCCCCCCCCCCCCCCC. The van der Waals surface area contributed by atoms with E-state index in [9.17, 15) is 19.8 Å². The molecule has 0 aromatic heterocycles. The number of rotatable bonds is 54. The first-order valence-corrected chi connectivity index (χ1v) is 29.1. The Morgan fingerprint density at radius 3 is 1.09 bits per heavy atom. The van der Waals surface area contributed by atoms with Gasteiger partial charge in [-0.2, -0.15) is 0 Å². The number of carbonyl (C=O) groups is 2. The lowest BCUT2D eigenvalue weighted by atomic mass is 10.0. The molecular weight excluding hydrogens is 803 g/mol. The van der Waals surface area contributed by atoms with Crippen LogP contribution in [0.1, 0.15) is 316 Å². The molecule has 0 aliphatic heterocycles. The van der Waals surface area contributed by atoms with Crippen molar-refractivity contribution in [1.29, 1.82) is 0 Å². The largest absolute Gasteiger partial charge is 0.466 e. The zero-order valence-electron chi connectivity index (χ0n) is 43.7. The van der Waals surface area contributed by atoms with Gasteiger partial charge in [0.2, 0.25) is 5.91 Å². The lowest BCUT2D eigenvalue weighted by molar-refractivity contribution is -0.143. The van der Waals surface area contributed by atoms with Crippen LogP contribution in [0.3, 0.4) is 0 Å². The summed E-state index contributed by atoms with van der Waals surface area (Å²) in [6, 6.07) is -0.551. The van der Waals surface area contributed by atoms with Crippen molar-refractivity contribution in [2.75, 3.05) is 13.2 Å². The Labute approximate surface area is 405 Å². The standard InChI is InChI=1S/C59H113NO5/c1-3-5-7-9-11-13-15-17-19-25-29-33-37-41-45-49-53-59(64)65-54-50-46-42-38-34-30-26-23-21-20-22-24-28-32-36-40-44-48-52-58(63)60-56(55-61)57(62)51-47-43-39-35-31-27-18-16-14-12-10-8-6-4-2/h19,22,24-25,56-57,61-62H,3-18,20-21,23,26-55H2,1-2H3,(H,60,63)/b24-22-,25-19-. The third kappa shape index (κ3) is 51.6. The Kier molecular flexibility index (Phi) is 53.5. The third-order valence-electron chi connectivity index (χ3n) is 13.5. The number of allylic oxidation sites excluding steroid dienone is 4. The van der Waals surface area contributed by atoms with Crippen LogP contribution in [-0.4, -0.2) is 47.4 Å². The second-order valence-corrected chi connectivity index (χ2v) is 20.0. The molecule has 2 atom stereocenters. The van der Waals surface area contributed by atoms with Gasteiger partial charge in [-0.1, -0.05) is 250 Å². The Balaban J connectivity index is 3.44. The lowest BCUT2D eigenvalue weighted by Crippen LogP contribution is -2.45. The maximum absolute atomic E-state index is 12.5. The van der Waals surface area contributed by atoms with Crippen molar-refractivity contribution in [1.82, 2.24) is 5.32 Å². The number of amides is 1. The van der Waals surface area contributed by atoms with Gasteiger partial charge >= 0.3 is 5.97 Å². The second-order valence-electron chi connectivity index (χ2n) is 20.0. The molecule has 0 spiro atoms. The predicted molar refractivity (Wildman–Crippen MR) is 283 cm³/mol. The summed E-state index contributed by atoms with van der Waals surface area (Å²) < 4.78 is 5.47. The van der Waals surface area contributed by atoms with E-state index in [1.807, 2.05) is 0 Å². The minimum Gasteiger partial charge on any atom is -0.466 e.